The normalized spacial score (nSPS) is 19.6. The topological polar surface area (TPSA) is 27.3 Å². The highest BCUT2D eigenvalue weighted by atomic mass is 32.2. The lowest BCUT2D eigenvalue weighted by Gasteiger charge is -2.29. The highest BCUT2D eigenvalue weighted by molar-refractivity contribution is 8.01. The van der Waals surface area contributed by atoms with Crippen molar-refractivity contribution in [1.29, 1.82) is 0 Å². The van der Waals surface area contributed by atoms with Crippen molar-refractivity contribution < 1.29 is 0 Å². The van der Waals surface area contributed by atoms with Gasteiger partial charge in [0.2, 0.25) is 0 Å². The Labute approximate surface area is 88.0 Å². The molecule has 0 spiro atoms. The molecular weight excluding hydrogens is 194 g/mol. The third-order valence-electron chi connectivity index (χ3n) is 2.70. The number of hydrogen-bond acceptors (Lipinski definition) is 4. The van der Waals surface area contributed by atoms with Crippen LogP contribution in [0.1, 0.15) is 0 Å². The first-order chi connectivity index (χ1) is 6.95. The van der Waals surface area contributed by atoms with Gasteiger partial charge in [0.1, 0.15) is 0 Å². The Bertz CT molecular complexity index is 325. The van der Waals surface area contributed by atoms with Gasteiger partial charge in [0.15, 0.2) is 0 Å². The summed E-state index contributed by atoms with van der Waals surface area (Å²) in [6.07, 6.45) is 0. The van der Waals surface area contributed by atoms with Gasteiger partial charge in [0.25, 0.3) is 0 Å². The van der Waals surface area contributed by atoms with Gasteiger partial charge >= 0.3 is 0 Å². The summed E-state index contributed by atoms with van der Waals surface area (Å²) in [6.45, 7) is 4.43. The minimum absolute atomic E-state index is 1.10. The Morgan fingerprint density at radius 2 is 2.07 bits per heavy atom. The molecule has 0 aromatic heterocycles. The summed E-state index contributed by atoms with van der Waals surface area (Å²) in [5.41, 5.74) is 2.67. The van der Waals surface area contributed by atoms with E-state index in [9.17, 15) is 0 Å². The van der Waals surface area contributed by atoms with E-state index < -0.39 is 0 Å². The molecule has 2 heterocycles. The van der Waals surface area contributed by atoms with Crippen LogP contribution in [-0.2, 0) is 0 Å². The molecule has 0 unspecified atom stereocenters. The number of nitrogens with zero attached hydrogens (tertiary/aromatic N) is 1. The molecule has 0 atom stereocenters. The number of anilines is 2. The van der Waals surface area contributed by atoms with Gasteiger partial charge in [-0.2, -0.15) is 0 Å². The Kier molecular flexibility index (Phi) is 2.03. The molecule has 0 radical (unpaired) electrons. The van der Waals surface area contributed by atoms with Gasteiger partial charge in [0.05, 0.1) is 16.3 Å². The maximum Gasteiger partial charge on any atom is 0.0767 e. The van der Waals surface area contributed by atoms with Gasteiger partial charge in [-0.15, -0.1) is 0 Å². The molecule has 0 aliphatic carbocycles. The number of para-hydroxylation sites is 1. The molecule has 3 rings (SSSR count). The number of fused-ring (bicyclic) bond motifs is 2. The van der Waals surface area contributed by atoms with E-state index in [1.165, 1.54) is 16.3 Å². The zero-order valence-electron chi connectivity index (χ0n) is 7.92. The summed E-state index contributed by atoms with van der Waals surface area (Å²) in [5.74, 6) is 0. The fraction of sp³-hybridized carbons (Fsp3) is 0.400. The third kappa shape index (κ3) is 1.26. The van der Waals surface area contributed by atoms with E-state index >= 15 is 0 Å². The van der Waals surface area contributed by atoms with Crippen LogP contribution in [0.5, 0.6) is 0 Å². The van der Waals surface area contributed by atoms with E-state index in [1.54, 1.807) is 11.9 Å². The first-order valence-electron chi connectivity index (χ1n) is 4.97. The number of benzene rings is 1. The fourth-order valence-electron chi connectivity index (χ4n) is 2.01. The van der Waals surface area contributed by atoms with Crippen LogP contribution in [0.25, 0.3) is 0 Å². The molecular formula is C10H13N3S. The SMILES string of the molecule is c1cc2c(N3CCNCC3)c(c1)SN2. The van der Waals surface area contributed by atoms with E-state index in [2.05, 4.69) is 33.1 Å². The van der Waals surface area contributed by atoms with Gasteiger partial charge < -0.3 is 14.9 Å². The molecule has 2 bridgehead atoms. The van der Waals surface area contributed by atoms with Crippen molar-refractivity contribution in [2.24, 2.45) is 0 Å². The van der Waals surface area contributed by atoms with E-state index in [0.29, 0.717) is 0 Å². The van der Waals surface area contributed by atoms with Crippen LogP contribution in [0, 0.1) is 0 Å². The molecule has 2 aliphatic heterocycles. The van der Waals surface area contributed by atoms with Crippen LogP contribution in [-0.4, -0.2) is 26.2 Å². The van der Waals surface area contributed by atoms with Crippen molar-refractivity contribution in [1.82, 2.24) is 5.32 Å². The van der Waals surface area contributed by atoms with Crippen LogP contribution in [0.4, 0.5) is 11.4 Å². The largest absolute Gasteiger partial charge is 0.366 e. The average Bonchev–Trinajstić information content (AvgIpc) is 2.50. The van der Waals surface area contributed by atoms with Crippen molar-refractivity contribution >= 4 is 23.3 Å². The number of rotatable bonds is 1. The fourth-order valence-corrected chi connectivity index (χ4v) is 2.88. The molecule has 1 saturated heterocycles. The van der Waals surface area contributed by atoms with E-state index in [0.717, 1.165) is 26.2 Å². The van der Waals surface area contributed by atoms with Crippen LogP contribution in [0.2, 0.25) is 0 Å². The van der Waals surface area contributed by atoms with E-state index in [-0.39, 0.29) is 0 Å². The van der Waals surface area contributed by atoms with Crippen LogP contribution in [0.15, 0.2) is 23.1 Å². The Morgan fingerprint density at radius 1 is 1.21 bits per heavy atom. The van der Waals surface area contributed by atoms with Gasteiger partial charge in [-0.3, -0.25) is 0 Å². The molecule has 4 heteroatoms. The van der Waals surface area contributed by atoms with Gasteiger partial charge in [0, 0.05) is 26.2 Å². The monoisotopic (exact) mass is 207 g/mol. The molecule has 1 aromatic rings. The minimum atomic E-state index is 1.10. The van der Waals surface area contributed by atoms with Crippen molar-refractivity contribution in [2.75, 3.05) is 35.8 Å². The molecule has 0 saturated carbocycles. The number of piperazine rings is 1. The quantitative estimate of drug-likeness (QED) is 0.683. The second-order valence-corrected chi connectivity index (χ2v) is 4.44. The lowest BCUT2D eigenvalue weighted by atomic mass is 10.2. The van der Waals surface area contributed by atoms with Crippen LogP contribution in [0.3, 0.4) is 0 Å². The smallest absolute Gasteiger partial charge is 0.0767 e. The summed E-state index contributed by atoms with van der Waals surface area (Å²) >= 11 is 1.73. The third-order valence-corrected chi connectivity index (χ3v) is 3.57. The molecule has 3 nitrogen and oxygen atoms in total. The summed E-state index contributed by atoms with van der Waals surface area (Å²) in [6, 6.07) is 6.45. The van der Waals surface area contributed by atoms with Crippen molar-refractivity contribution in [3.63, 3.8) is 0 Å². The lowest BCUT2D eigenvalue weighted by molar-refractivity contribution is 0.588. The van der Waals surface area contributed by atoms with E-state index in [1.807, 2.05) is 0 Å². The molecule has 1 fully saturated rings. The van der Waals surface area contributed by atoms with Gasteiger partial charge in [-0.25, -0.2) is 0 Å². The summed E-state index contributed by atoms with van der Waals surface area (Å²) in [5, 5.41) is 3.37. The summed E-state index contributed by atoms with van der Waals surface area (Å²) in [4.78, 5) is 3.83. The van der Waals surface area contributed by atoms with Gasteiger partial charge in [-0.05, 0) is 24.1 Å². The maximum atomic E-state index is 3.37. The average molecular weight is 207 g/mol. The predicted molar refractivity (Wildman–Crippen MR) is 61.0 cm³/mol. The van der Waals surface area contributed by atoms with Crippen LogP contribution >= 0.6 is 11.9 Å². The summed E-state index contributed by atoms with van der Waals surface area (Å²) in [7, 11) is 0. The Hall–Kier alpha value is -0.870. The predicted octanol–water partition coefficient (Wildman–Crippen LogP) is 1.53. The molecule has 14 heavy (non-hydrogen) atoms. The Balaban J connectivity index is 1.96. The highest BCUT2D eigenvalue weighted by Crippen LogP contribution is 2.44. The maximum absolute atomic E-state index is 3.37. The second kappa shape index (κ2) is 3.37. The van der Waals surface area contributed by atoms with Crippen molar-refractivity contribution in [2.45, 2.75) is 4.90 Å². The first kappa shape index (κ1) is 8.44. The standard InChI is InChI=1S/C10H13N3S/c1-2-8-10(9(3-1)14-12-8)13-6-4-11-5-7-13/h1-3,11-12H,4-7H2. The molecule has 74 valence electrons. The number of nitrogens with one attached hydrogen (secondary N) is 2. The second-order valence-electron chi connectivity index (χ2n) is 3.59. The molecule has 2 aliphatic rings. The van der Waals surface area contributed by atoms with Gasteiger partial charge in [-0.1, -0.05) is 6.07 Å². The molecule has 2 N–H and O–H groups in total. The molecule has 0 amide bonds. The number of hydrogen-bond donors (Lipinski definition) is 2. The minimum Gasteiger partial charge on any atom is -0.366 e. The van der Waals surface area contributed by atoms with E-state index in [4.69, 9.17) is 0 Å². The summed E-state index contributed by atoms with van der Waals surface area (Å²) < 4.78 is 3.35. The first-order valence-corrected chi connectivity index (χ1v) is 5.78. The van der Waals surface area contributed by atoms with Crippen LogP contribution < -0.4 is 14.9 Å². The zero-order chi connectivity index (χ0) is 9.38. The highest BCUT2D eigenvalue weighted by Gasteiger charge is 2.22. The zero-order valence-corrected chi connectivity index (χ0v) is 8.73. The Morgan fingerprint density at radius 3 is 2.86 bits per heavy atom. The molecule has 1 aromatic carbocycles. The lowest BCUT2D eigenvalue weighted by Crippen LogP contribution is -2.43. The van der Waals surface area contributed by atoms with Crippen molar-refractivity contribution in [3.8, 4) is 0 Å². The van der Waals surface area contributed by atoms with Crippen molar-refractivity contribution in [3.05, 3.63) is 18.2 Å².